The van der Waals surface area contributed by atoms with Crippen LogP contribution in [0.2, 0.25) is 0 Å². The summed E-state index contributed by atoms with van der Waals surface area (Å²) in [5.41, 5.74) is 0.646. The lowest BCUT2D eigenvalue weighted by molar-refractivity contribution is 0.168. The molecule has 0 saturated heterocycles. The van der Waals surface area contributed by atoms with E-state index in [-0.39, 0.29) is 18.2 Å². The summed E-state index contributed by atoms with van der Waals surface area (Å²) in [5.74, 6) is -0.131. The minimum atomic E-state index is -0.611. The molecule has 1 aromatic heterocycles. The topological polar surface area (TPSA) is 67.0 Å². The number of nitrogens with one attached hydrogen (secondary N) is 2. The molecule has 0 aliphatic carbocycles. The van der Waals surface area contributed by atoms with Gasteiger partial charge in [-0.25, -0.2) is 9.18 Å². The quantitative estimate of drug-likeness (QED) is 0.820. The number of anilines is 1. The lowest BCUT2D eigenvalue weighted by Gasteiger charge is -2.01. The number of halogens is 1. The second-order valence-corrected chi connectivity index (χ2v) is 3.11. The standard InChI is InChI=1S/C10H10FN3O2/c1-2-16-10(15)12-9-7-5-6(11)3-4-8(7)13-14-9/h3-5H,2H2,1H3,(H2,12,13,14,15). The van der Waals surface area contributed by atoms with E-state index < -0.39 is 6.09 Å². The number of amides is 1. The van der Waals surface area contributed by atoms with Crippen LogP contribution in [0.1, 0.15) is 6.92 Å². The molecule has 2 N–H and O–H groups in total. The zero-order chi connectivity index (χ0) is 11.5. The number of hydrogen-bond acceptors (Lipinski definition) is 3. The fraction of sp³-hybridized carbons (Fsp3) is 0.200. The first-order chi connectivity index (χ1) is 7.70. The molecule has 6 heteroatoms. The molecule has 0 fully saturated rings. The second-order valence-electron chi connectivity index (χ2n) is 3.11. The zero-order valence-electron chi connectivity index (χ0n) is 8.58. The van der Waals surface area contributed by atoms with Crippen molar-refractivity contribution < 1.29 is 13.9 Å². The molecule has 2 aromatic rings. The summed E-state index contributed by atoms with van der Waals surface area (Å²) in [6.07, 6.45) is -0.611. The number of aromatic nitrogens is 2. The molecule has 0 saturated carbocycles. The Morgan fingerprint density at radius 2 is 2.44 bits per heavy atom. The number of H-pyrrole nitrogens is 1. The molecule has 0 radical (unpaired) electrons. The smallest absolute Gasteiger partial charge is 0.412 e. The molecular weight excluding hydrogens is 213 g/mol. The van der Waals surface area contributed by atoms with E-state index in [0.717, 1.165) is 0 Å². The number of hydrogen-bond donors (Lipinski definition) is 2. The number of carbonyl (C=O) groups is 1. The molecule has 16 heavy (non-hydrogen) atoms. The van der Waals surface area contributed by atoms with Crippen molar-refractivity contribution >= 4 is 22.8 Å². The van der Waals surface area contributed by atoms with Crippen molar-refractivity contribution in [1.82, 2.24) is 10.2 Å². The Labute approximate surface area is 90.6 Å². The van der Waals surface area contributed by atoms with Gasteiger partial charge < -0.3 is 4.74 Å². The Morgan fingerprint density at radius 1 is 1.62 bits per heavy atom. The number of aromatic amines is 1. The summed E-state index contributed by atoms with van der Waals surface area (Å²) < 4.78 is 17.7. The first-order valence-electron chi connectivity index (χ1n) is 4.78. The van der Waals surface area contributed by atoms with Crippen molar-refractivity contribution in [3.05, 3.63) is 24.0 Å². The number of rotatable bonds is 2. The third kappa shape index (κ3) is 1.95. The van der Waals surface area contributed by atoms with E-state index in [4.69, 9.17) is 4.74 Å². The predicted octanol–water partition coefficient (Wildman–Crippen LogP) is 2.27. The highest BCUT2D eigenvalue weighted by molar-refractivity contribution is 5.97. The maximum absolute atomic E-state index is 13.0. The average Bonchev–Trinajstić information content (AvgIpc) is 2.61. The second kappa shape index (κ2) is 4.18. The van der Waals surface area contributed by atoms with Crippen molar-refractivity contribution in [2.24, 2.45) is 0 Å². The fourth-order valence-electron chi connectivity index (χ4n) is 1.35. The normalized spacial score (nSPS) is 10.4. The van der Waals surface area contributed by atoms with E-state index in [1.165, 1.54) is 12.1 Å². The van der Waals surface area contributed by atoms with Crippen LogP contribution in [0.4, 0.5) is 15.0 Å². The monoisotopic (exact) mass is 223 g/mol. The van der Waals surface area contributed by atoms with E-state index in [2.05, 4.69) is 15.5 Å². The maximum Gasteiger partial charge on any atom is 0.412 e. The lowest BCUT2D eigenvalue weighted by atomic mass is 10.2. The van der Waals surface area contributed by atoms with Gasteiger partial charge in [-0.05, 0) is 25.1 Å². The zero-order valence-corrected chi connectivity index (χ0v) is 8.58. The van der Waals surface area contributed by atoms with Gasteiger partial charge in [0.1, 0.15) is 5.82 Å². The van der Waals surface area contributed by atoms with Crippen LogP contribution in [0.3, 0.4) is 0 Å². The maximum atomic E-state index is 13.0. The molecule has 0 aliphatic rings. The van der Waals surface area contributed by atoms with Crippen LogP contribution < -0.4 is 5.32 Å². The highest BCUT2D eigenvalue weighted by atomic mass is 19.1. The van der Waals surface area contributed by atoms with Gasteiger partial charge >= 0.3 is 6.09 Å². The Balaban J connectivity index is 2.30. The Bertz CT molecular complexity index is 524. The van der Waals surface area contributed by atoms with Gasteiger partial charge in [0.25, 0.3) is 0 Å². The molecule has 1 amide bonds. The van der Waals surface area contributed by atoms with Crippen LogP contribution in [0.15, 0.2) is 18.2 Å². The van der Waals surface area contributed by atoms with Gasteiger partial charge in [0, 0.05) is 5.39 Å². The number of nitrogens with zero attached hydrogens (tertiary/aromatic N) is 1. The number of fused-ring (bicyclic) bond motifs is 1. The number of benzene rings is 1. The summed E-state index contributed by atoms with van der Waals surface area (Å²) >= 11 is 0. The van der Waals surface area contributed by atoms with Crippen LogP contribution in [-0.4, -0.2) is 22.9 Å². The largest absolute Gasteiger partial charge is 0.450 e. The van der Waals surface area contributed by atoms with Gasteiger partial charge in [-0.2, -0.15) is 5.10 Å². The molecule has 0 spiro atoms. The van der Waals surface area contributed by atoms with Crippen molar-refractivity contribution in [1.29, 1.82) is 0 Å². The van der Waals surface area contributed by atoms with E-state index in [1.54, 1.807) is 13.0 Å². The lowest BCUT2D eigenvalue weighted by Crippen LogP contribution is -2.13. The minimum absolute atomic E-state index is 0.257. The SMILES string of the molecule is CCOC(=O)Nc1n[nH]c2ccc(F)cc12. The minimum Gasteiger partial charge on any atom is -0.450 e. The van der Waals surface area contributed by atoms with Crippen LogP contribution in [-0.2, 0) is 4.74 Å². The van der Waals surface area contributed by atoms with E-state index in [9.17, 15) is 9.18 Å². The molecule has 0 aliphatic heterocycles. The van der Waals surface area contributed by atoms with Crippen molar-refractivity contribution in [3.8, 4) is 0 Å². The van der Waals surface area contributed by atoms with E-state index >= 15 is 0 Å². The molecule has 0 unspecified atom stereocenters. The highest BCUT2D eigenvalue weighted by Crippen LogP contribution is 2.21. The van der Waals surface area contributed by atoms with Crippen LogP contribution >= 0.6 is 0 Å². The molecule has 1 heterocycles. The predicted molar refractivity (Wildman–Crippen MR) is 56.7 cm³/mol. The van der Waals surface area contributed by atoms with Crippen LogP contribution in [0, 0.1) is 5.82 Å². The highest BCUT2D eigenvalue weighted by Gasteiger charge is 2.10. The van der Waals surface area contributed by atoms with Crippen molar-refractivity contribution in [2.75, 3.05) is 11.9 Å². The summed E-state index contributed by atoms with van der Waals surface area (Å²) in [4.78, 5) is 11.2. The van der Waals surface area contributed by atoms with Gasteiger partial charge in [0.15, 0.2) is 5.82 Å². The van der Waals surface area contributed by atoms with E-state index in [0.29, 0.717) is 10.9 Å². The summed E-state index contributed by atoms with van der Waals surface area (Å²) in [6.45, 7) is 1.96. The average molecular weight is 223 g/mol. The van der Waals surface area contributed by atoms with Gasteiger partial charge in [-0.15, -0.1) is 0 Å². The molecule has 5 nitrogen and oxygen atoms in total. The first kappa shape index (κ1) is 10.4. The van der Waals surface area contributed by atoms with E-state index in [1.807, 2.05) is 0 Å². The Kier molecular flexibility index (Phi) is 2.72. The molecular formula is C10H10FN3O2. The van der Waals surface area contributed by atoms with Crippen LogP contribution in [0.25, 0.3) is 10.9 Å². The Morgan fingerprint density at radius 3 is 3.19 bits per heavy atom. The number of ether oxygens (including phenoxy) is 1. The summed E-state index contributed by atoms with van der Waals surface area (Å²) in [7, 11) is 0. The molecule has 84 valence electrons. The van der Waals surface area contributed by atoms with Crippen molar-refractivity contribution in [2.45, 2.75) is 6.92 Å². The first-order valence-corrected chi connectivity index (χ1v) is 4.78. The molecule has 1 aromatic carbocycles. The molecule has 0 atom stereocenters. The summed E-state index contributed by atoms with van der Waals surface area (Å²) in [5, 5.41) is 9.46. The number of carbonyl (C=O) groups excluding carboxylic acids is 1. The third-order valence-electron chi connectivity index (χ3n) is 2.02. The van der Waals surface area contributed by atoms with Gasteiger partial charge in [-0.1, -0.05) is 0 Å². The summed E-state index contributed by atoms with van der Waals surface area (Å²) in [6, 6.07) is 4.16. The Hall–Kier alpha value is -2.11. The fourth-order valence-corrected chi connectivity index (χ4v) is 1.35. The van der Waals surface area contributed by atoms with Crippen molar-refractivity contribution in [3.63, 3.8) is 0 Å². The van der Waals surface area contributed by atoms with Gasteiger partial charge in [0.2, 0.25) is 0 Å². The molecule has 0 bridgehead atoms. The third-order valence-corrected chi connectivity index (χ3v) is 2.02. The van der Waals surface area contributed by atoms with Gasteiger partial charge in [-0.3, -0.25) is 10.4 Å². The van der Waals surface area contributed by atoms with Gasteiger partial charge in [0.05, 0.1) is 12.1 Å². The molecule has 2 rings (SSSR count). The van der Waals surface area contributed by atoms with Crippen LogP contribution in [0.5, 0.6) is 0 Å².